The van der Waals surface area contributed by atoms with Crippen LogP contribution in [0.5, 0.6) is 0 Å². The van der Waals surface area contributed by atoms with E-state index in [1.54, 1.807) is 6.92 Å². The summed E-state index contributed by atoms with van der Waals surface area (Å²) in [5, 5.41) is 23.3. The fourth-order valence-electron chi connectivity index (χ4n) is 7.48. The quantitative estimate of drug-likeness (QED) is 0.371. The van der Waals surface area contributed by atoms with Gasteiger partial charge in [-0.2, -0.15) is 0 Å². The molecular weight excluding hydrogens is 532 g/mol. The number of benzene rings is 1. The molecule has 1 aliphatic heterocycles. The lowest BCUT2D eigenvalue weighted by atomic mass is 9.64. The number of aliphatic hydroxyl groups is 2. The standard InChI is InChI=1S/C34H46N2O4S/c1-23-6-5-14-33(4)30(13-15-34(33,40)22-35-16-18-36(19-17-35)25(3)37)28-11-9-26(20-27(38)10-7-23)21-29(28)32(39)31-12-8-24(2)41-31/h6,8-9,11-12,21,27,30,38,40H,5,7,10,13-20,22H2,1-4H3. The van der Waals surface area contributed by atoms with Crippen LogP contribution in [0.25, 0.3) is 0 Å². The number of hydrogen-bond donors (Lipinski definition) is 2. The highest BCUT2D eigenvalue weighted by molar-refractivity contribution is 7.14. The zero-order valence-corrected chi connectivity index (χ0v) is 25.9. The number of piperazine rings is 1. The van der Waals surface area contributed by atoms with Crippen molar-refractivity contribution in [2.45, 2.75) is 90.3 Å². The molecule has 2 N–H and O–H groups in total. The second-order valence-corrected chi connectivity index (χ2v) is 14.3. The van der Waals surface area contributed by atoms with Crippen LogP contribution < -0.4 is 0 Å². The maximum Gasteiger partial charge on any atom is 0.219 e. The van der Waals surface area contributed by atoms with Crippen LogP contribution in [-0.4, -0.2) is 76.1 Å². The van der Waals surface area contributed by atoms with Gasteiger partial charge >= 0.3 is 0 Å². The molecule has 4 unspecified atom stereocenters. The average molecular weight is 579 g/mol. The van der Waals surface area contributed by atoms with E-state index in [4.69, 9.17) is 0 Å². The van der Waals surface area contributed by atoms with Gasteiger partial charge in [0.2, 0.25) is 11.7 Å². The Kier molecular flexibility index (Phi) is 8.91. The Morgan fingerprint density at radius 1 is 1.05 bits per heavy atom. The first-order valence-electron chi connectivity index (χ1n) is 15.3. The smallest absolute Gasteiger partial charge is 0.219 e. The molecule has 0 spiro atoms. The molecule has 1 aromatic carbocycles. The minimum atomic E-state index is -0.913. The Morgan fingerprint density at radius 3 is 2.49 bits per heavy atom. The van der Waals surface area contributed by atoms with E-state index in [1.807, 2.05) is 30.0 Å². The molecule has 6 rings (SSSR count). The van der Waals surface area contributed by atoms with E-state index in [-0.39, 0.29) is 17.6 Å². The van der Waals surface area contributed by atoms with Crippen molar-refractivity contribution in [1.82, 2.24) is 9.80 Å². The molecule has 1 saturated carbocycles. The third kappa shape index (κ3) is 6.24. The van der Waals surface area contributed by atoms with Crippen LogP contribution in [0.15, 0.2) is 42.0 Å². The Labute approximate surface area is 249 Å². The monoisotopic (exact) mass is 578 g/mol. The highest BCUT2D eigenvalue weighted by Crippen LogP contribution is 2.59. The van der Waals surface area contributed by atoms with Gasteiger partial charge in [-0.05, 0) is 94.0 Å². The lowest BCUT2D eigenvalue weighted by Crippen LogP contribution is -2.57. The molecule has 4 atom stereocenters. The Bertz CT molecular complexity index is 1310. The van der Waals surface area contributed by atoms with Gasteiger partial charge in [-0.1, -0.05) is 30.7 Å². The van der Waals surface area contributed by atoms with Crippen molar-refractivity contribution in [2.75, 3.05) is 32.7 Å². The third-order valence-corrected chi connectivity index (χ3v) is 11.2. The molecule has 222 valence electrons. The number of amides is 1. The van der Waals surface area contributed by atoms with Crippen LogP contribution in [0.1, 0.15) is 96.5 Å². The second-order valence-electron chi connectivity index (χ2n) is 13.0. The fourth-order valence-corrected chi connectivity index (χ4v) is 8.30. The number of rotatable bonds is 4. The highest BCUT2D eigenvalue weighted by atomic mass is 32.1. The largest absolute Gasteiger partial charge is 0.393 e. The van der Waals surface area contributed by atoms with E-state index in [2.05, 4.69) is 37.0 Å². The SMILES string of the molecule is CC(=O)N1CCN(CC2(O)CCC3c4ccc(cc4C(=O)c4ccc(C)s4)CC(O)CCC(C)=CCCC32C)CC1. The zero-order chi connectivity index (χ0) is 29.4. The third-order valence-electron chi connectivity index (χ3n) is 10.2. The summed E-state index contributed by atoms with van der Waals surface area (Å²) >= 11 is 1.52. The normalized spacial score (nSPS) is 29.6. The molecule has 6 nitrogen and oxygen atoms in total. The number of ketones is 1. The Balaban J connectivity index is 1.54. The molecule has 1 amide bonds. The van der Waals surface area contributed by atoms with Gasteiger partial charge < -0.3 is 15.1 Å². The number of carbonyl (C=O) groups is 2. The van der Waals surface area contributed by atoms with E-state index >= 15 is 0 Å². The van der Waals surface area contributed by atoms with Crippen LogP contribution in [0.2, 0.25) is 0 Å². The van der Waals surface area contributed by atoms with Crippen LogP contribution in [-0.2, 0) is 11.2 Å². The number of β-amino-alcohol motifs (C(OH)–C–C–N with tert-alkyl or cyclic N) is 1. The van der Waals surface area contributed by atoms with Crippen molar-refractivity contribution in [2.24, 2.45) is 5.41 Å². The number of aryl methyl sites for hydroxylation is 1. The van der Waals surface area contributed by atoms with Crippen LogP contribution >= 0.6 is 11.3 Å². The van der Waals surface area contributed by atoms with Gasteiger partial charge in [0.1, 0.15) is 0 Å². The maximum absolute atomic E-state index is 14.0. The van der Waals surface area contributed by atoms with E-state index in [0.29, 0.717) is 38.9 Å². The average Bonchev–Trinajstić information content (AvgIpc) is 3.48. The van der Waals surface area contributed by atoms with Gasteiger partial charge in [-0.15, -0.1) is 11.3 Å². The Morgan fingerprint density at radius 2 is 1.80 bits per heavy atom. The van der Waals surface area contributed by atoms with Crippen molar-refractivity contribution >= 4 is 23.0 Å². The zero-order valence-electron chi connectivity index (χ0n) is 25.1. The van der Waals surface area contributed by atoms with Gasteiger partial charge in [-0.25, -0.2) is 0 Å². The number of hydrogen-bond acceptors (Lipinski definition) is 6. The molecule has 3 aliphatic carbocycles. The van der Waals surface area contributed by atoms with E-state index in [9.17, 15) is 19.8 Å². The van der Waals surface area contributed by atoms with Gasteiger partial charge in [0, 0.05) is 55.5 Å². The summed E-state index contributed by atoms with van der Waals surface area (Å²) in [5.74, 6) is 0.176. The van der Waals surface area contributed by atoms with Crippen molar-refractivity contribution in [1.29, 1.82) is 0 Å². The summed E-state index contributed by atoms with van der Waals surface area (Å²) in [5.41, 5.74) is 2.65. The summed E-state index contributed by atoms with van der Waals surface area (Å²) in [6.07, 6.45) is 7.03. The van der Waals surface area contributed by atoms with E-state index < -0.39 is 17.1 Å². The first kappa shape index (κ1) is 30.1. The van der Waals surface area contributed by atoms with Crippen molar-refractivity contribution < 1.29 is 19.8 Å². The number of fused-ring (bicyclic) bond motifs is 8. The van der Waals surface area contributed by atoms with Crippen LogP contribution in [0.3, 0.4) is 0 Å². The minimum Gasteiger partial charge on any atom is -0.393 e. The van der Waals surface area contributed by atoms with Crippen molar-refractivity contribution in [3.05, 3.63) is 68.4 Å². The van der Waals surface area contributed by atoms with E-state index in [0.717, 1.165) is 65.2 Å². The summed E-state index contributed by atoms with van der Waals surface area (Å²) in [6.45, 7) is 11.5. The van der Waals surface area contributed by atoms with Crippen LogP contribution in [0, 0.1) is 12.3 Å². The molecule has 2 heterocycles. The molecule has 2 aromatic rings. The number of aliphatic hydroxyl groups excluding tert-OH is 1. The fraction of sp³-hybridized carbons (Fsp3) is 0.588. The minimum absolute atomic E-state index is 0.0293. The molecular formula is C34H46N2O4S. The molecule has 2 bridgehead atoms. The van der Waals surface area contributed by atoms with Crippen LogP contribution in [0.4, 0.5) is 0 Å². The van der Waals surface area contributed by atoms with Crippen molar-refractivity contribution in [3.8, 4) is 0 Å². The van der Waals surface area contributed by atoms with Gasteiger partial charge in [0.05, 0.1) is 16.6 Å². The summed E-state index contributed by atoms with van der Waals surface area (Å²) < 4.78 is 0. The van der Waals surface area contributed by atoms with Gasteiger partial charge in [0.15, 0.2) is 0 Å². The molecule has 4 aliphatic rings. The lowest BCUT2D eigenvalue weighted by molar-refractivity contribution is -0.132. The van der Waals surface area contributed by atoms with E-state index in [1.165, 1.54) is 16.9 Å². The number of allylic oxidation sites excluding steroid dienone is 2. The molecule has 7 heteroatoms. The first-order valence-corrected chi connectivity index (χ1v) is 16.1. The topological polar surface area (TPSA) is 81.1 Å². The Hall–Kier alpha value is -2.32. The number of thiophene rings is 1. The van der Waals surface area contributed by atoms with Gasteiger partial charge in [0.25, 0.3) is 0 Å². The number of carbonyl (C=O) groups excluding carboxylic acids is 2. The molecule has 1 aromatic heterocycles. The predicted molar refractivity (Wildman–Crippen MR) is 165 cm³/mol. The summed E-state index contributed by atoms with van der Waals surface area (Å²) in [7, 11) is 0. The second kappa shape index (κ2) is 12.1. The molecule has 0 radical (unpaired) electrons. The first-order chi connectivity index (χ1) is 19.5. The molecule has 1 saturated heterocycles. The molecule has 2 fully saturated rings. The summed E-state index contributed by atoms with van der Waals surface area (Å²) in [6, 6.07) is 10.1. The van der Waals surface area contributed by atoms with Gasteiger partial charge in [-0.3, -0.25) is 14.5 Å². The maximum atomic E-state index is 14.0. The summed E-state index contributed by atoms with van der Waals surface area (Å²) in [4.78, 5) is 32.0. The lowest BCUT2D eigenvalue weighted by Gasteiger charge is -2.47. The molecule has 41 heavy (non-hydrogen) atoms. The predicted octanol–water partition coefficient (Wildman–Crippen LogP) is 5.49. The highest BCUT2D eigenvalue weighted by Gasteiger charge is 2.57. The van der Waals surface area contributed by atoms with Crippen molar-refractivity contribution in [3.63, 3.8) is 0 Å². The number of nitrogens with zero attached hydrogens (tertiary/aromatic N) is 2.